The molecule has 0 amide bonds. The van der Waals surface area contributed by atoms with Crippen LogP contribution < -0.4 is 0 Å². The number of thiophene rings is 1. The number of rotatable bonds is 5. The summed E-state index contributed by atoms with van der Waals surface area (Å²) in [5, 5.41) is 10.4. The summed E-state index contributed by atoms with van der Waals surface area (Å²) >= 11 is 5.08. The molecule has 0 aliphatic heterocycles. The first-order valence-corrected chi connectivity index (χ1v) is 6.06. The Balaban J connectivity index is 2.36. The predicted molar refractivity (Wildman–Crippen MR) is 65.1 cm³/mol. The van der Waals surface area contributed by atoms with Crippen molar-refractivity contribution < 1.29 is 9.90 Å². The van der Waals surface area contributed by atoms with Gasteiger partial charge in [0.2, 0.25) is 0 Å². The molecule has 0 aliphatic rings. The van der Waals surface area contributed by atoms with Gasteiger partial charge in [0.25, 0.3) is 0 Å². The minimum absolute atomic E-state index is 0.641. The zero-order valence-corrected chi connectivity index (χ0v) is 10.7. The molecule has 1 aromatic heterocycles. The van der Waals surface area contributed by atoms with Gasteiger partial charge in [-0.2, -0.15) is 0 Å². The molecule has 0 radical (unpaired) electrons. The molecule has 0 saturated heterocycles. The molecule has 0 saturated carbocycles. The third kappa shape index (κ3) is 5.11. The molecular formula is C10H12BrNO2S. The van der Waals surface area contributed by atoms with Gasteiger partial charge in [-0.3, -0.25) is 4.90 Å². The van der Waals surface area contributed by atoms with Gasteiger partial charge in [0.15, 0.2) is 0 Å². The van der Waals surface area contributed by atoms with E-state index in [-0.39, 0.29) is 0 Å². The molecule has 0 bridgehead atoms. The Bertz CT molecular complexity index is 362. The van der Waals surface area contributed by atoms with Crippen LogP contribution in [-0.2, 0) is 11.3 Å². The summed E-state index contributed by atoms with van der Waals surface area (Å²) in [7, 11) is 1.96. The Hall–Kier alpha value is -0.650. The minimum Gasteiger partial charge on any atom is -0.478 e. The zero-order chi connectivity index (χ0) is 11.3. The van der Waals surface area contributed by atoms with Crippen LogP contribution in [0, 0.1) is 0 Å². The average molecular weight is 290 g/mol. The van der Waals surface area contributed by atoms with E-state index in [2.05, 4.69) is 26.9 Å². The zero-order valence-electron chi connectivity index (χ0n) is 8.31. The van der Waals surface area contributed by atoms with Crippen molar-refractivity contribution in [2.45, 2.75) is 6.54 Å². The number of carboxylic acids is 1. The Morgan fingerprint density at radius 2 is 2.47 bits per heavy atom. The van der Waals surface area contributed by atoms with Crippen LogP contribution in [0.25, 0.3) is 0 Å². The quantitative estimate of drug-likeness (QED) is 0.847. The van der Waals surface area contributed by atoms with Crippen molar-refractivity contribution in [1.82, 2.24) is 4.90 Å². The summed E-state index contributed by atoms with van der Waals surface area (Å²) in [6.07, 6.45) is 2.81. The molecule has 15 heavy (non-hydrogen) atoms. The van der Waals surface area contributed by atoms with Crippen molar-refractivity contribution in [1.29, 1.82) is 0 Å². The number of carboxylic acid groups (broad SMARTS) is 1. The van der Waals surface area contributed by atoms with E-state index >= 15 is 0 Å². The van der Waals surface area contributed by atoms with Crippen LogP contribution >= 0.6 is 27.3 Å². The number of nitrogens with zero attached hydrogens (tertiary/aromatic N) is 1. The third-order valence-corrected chi connectivity index (χ3v) is 3.41. The van der Waals surface area contributed by atoms with E-state index in [0.717, 1.165) is 11.0 Å². The topological polar surface area (TPSA) is 40.5 Å². The van der Waals surface area contributed by atoms with E-state index < -0.39 is 5.97 Å². The predicted octanol–water partition coefficient (Wildman–Crippen LogP) is 2.58. The molecular weight excluding hydrogens is 278 g/mol. The van der Waals surface area contributed by atoms with Gasteiger partial charge in [0.05, 0.1) is 0 Å². The van der Waals surface area contributed by atoms with Crippen molar-refractivity contribution in [3.8, 4) is 0 Å². The van der Waals surface area contributed by atoms with Crippen LogP contribution in [-0.4, -0.2) is 29.6 Å². The van der Waals surface area contributed by atoms with Gasteiger partial charge in [0.1, 0.15) is 0 Å². The van der Waals surface area contributed by atoms with Gasteiger partial charge in [-0.15, -0.1) is 11.3 Å². The number of likely N-dealkylation sites (N-methyl/N-ethyl adjacent to an activating group) is 1. The molecule has 5 heteroatoms. The summed E-state index contributed by atoms with van der Waals surface area (Å²) in [6, 6.07) is 2.07. The van der Waals surface area contributed by atoms with Gasteiger partial charge in [-0.25, -0.2) is 4.79 Å². The summed E-state index contributed by atoms with van der Waals surface area (Å²) < 4.78 is 1.09. The van der Waals surface area contributed by atoms with E-state index in [4.69, 9.17) is 5.11 Å². The first-order valence-electron chi connectivity index (χ1n) is 4.39. The monoisotopic (exact) mass is 289 g/mol. The van der Waals surface area contributed by atoms with Crippen molar-refractivity contribution in [2.24, 2.45) is 0 Å². The average Bonchev–Trinajstić information content (AvgIpc) is 2.50. The molecule has 0 spiro atoms. The van der Waals surface area contributed by atoms with E-state index in [1.54, 1.807) is 17.4 Å². The molecule has 0 aliphatic carbocycles. The van der Waals surface area contributed by atoms with Crippen molar-refractivity contribution in [3.63, 3.8) is 0 Å². The summed E-state index contributed by atoms with van der Waals surface area (Å²) in [5.74, 6) is -0.901. The van der Waals surface area contributed by atoms with Gasteiger partial charge in [-0.05, 0) is 29.0 Å². The fraction of sp³-hybridized carbons (Fsp3) is 0.300. The summed E-state index contributed by atoms with van der Waals surface area (Å²) in [5.41, 5.74) is 0. The highest BCUT2D eigenvalue weighted by atomic mass is 79.9. The van der Waals surface area contributed by atoms with E-state index in [0.29, 0.717) is 6.54 Å². The standard InChI is InChI=1S/C10H12BrNO2S/c1-12(4-2-3-10(13)14)6-9-5-8(11)7-15-9/h2-3,5,7H,4,6H2,1H3,(H,13,14). The summed E-state index contributed by atoms with van der Waals surface area (Å²) in [6.45, 7) is 1.47. The van der Waals surface area contributed by atoms with E-state index in [9.17, 15) is 4.79 Å². The van der Waals surface area contributed by atoms with Gasteiger partial charge >= 0.3 is 5.97 Å². The minimum atomic E-state index is -0.901. The van der Waals surface area contributed by atoms with Crippen molar-refractivity contribution in [2.75, 3.05) is 13.6 Å². The smallest absolute Gasteiger partial charge is 0.328 e. The molecule has 1 rings (SSSR count). The van der Waals surface area contributed by atoms with E-state index in [1.807, 2.05) is 12.4 Å². The second-order valence-corrected chi connectivity index (χ2v) is 5.08. The van der Waals surface area contributed by atoms with Crippen LogP contribution in [0.4, 0.5) is 0 Å². The second-order valence-electron chi connectivity index (χ2n) is 3.17. The Morgan fingerprint density at radius 1 is 1.73 bits per heavy atom. The molecule has 0 atom stereocenters. The van der Waals surface area contributed by atoms with Gasteiger partial charge in [0, 0.05) is 33.9 Å². The lowest BCUT2D eigenvalue weighted by atomic mass is 10.4. The number of hydrogen-bond acceptors (Lipinski definition) is 3. The maximum atomic E-state index is 10.2. The number of carbonyl (C=O) groups is 1. The normalized spacial score (nSPS) is 11.4. The number of aliphatic carboxylic acids is 1. The maximum absolute atomic E-state index is 10.2. The molecule has 82 valence electrons. The van der Waals surface area contributed by atoms with Crippen LogP contribution in [0.15, 0.2) is 28.1 Å². The molecule has 1 heterocycles. The first kappa shape index (κ1) is 12.4. The third-order valence-electron chi connectivity index (χ3n) is 1.73. The first-order chi connectivity index (χ1) is 7.08. The highest BCUT2D eigenvalue weighted by molar-refractivity contribution is 9.10. The highest BCUT2D eigenvalue weighted by Crippen LogP contribution is 2.20. The Morgan fingerprint density at radius 3 is 3.00 bits per heavy atom. The van der Waals surface area contributed by atoms with Crippen LogP contribution in [0.1, 0.15) is 4.88 Å². The van der Waals surface area contributed by atoms with Crippen molar-refractivity contribution in [3.05, 3.63) is 32.9 Å². The largest absolute Gasteiger partial charge is 0.478 e. The second kappa shape index (κ2) is 6.05. The van der Waals surface area contributed by atoms with E-state index in [1.165, 1.54) is 11.0 Å². The Kier molecular flexibility index (Phi) is 5.01. The number of hydrogen-bond donors (Lipinski definition) is 1. The van der Waals surface area contributed by atoms with Crippen LogP contribution in [0.3, 0.4) is 0 Å². The fourth-order valence-electron chi connectivity index (χ4n) is 1.10. The molecule has 0 fully saturated rings. The lowest BCUT2D eigenvalue weighted by Crippen LogP contribution is -2.17. The number of halogens is 1. The van der Waals surface area contributed by atoms with Gasteiger partial charge in [-0.1, -0.05) is 6.08 Å². The molecule has 1 N–H and O–H groups in total. The van der Waals surface area contributed by atoms with Crippen LogP contribution in [0.5, 0.6) is 0 Å². The molecule has 1 aromatic rings. The molecule has 3 nitrogen and oxygen atoms in total. The van der Waals surface area contributed by atoms with Crippen LogP contribution in [0.2, 0.25) is 0 Å². The maximum Gasteiger partial charge on any atom is 0.328 e. The lowest BCUT2D eigenvalue weighted by Gasteiger charge is -2.12. The molecule has 0 aromatic carbocycles. The SMILES string of the molecule is CN(CC=CC(=O)O)Cc1cc(Br)cs1. The summed E-state index contributed by atoms with van der Waals surface area (Å²) in [4.78, 5) is 13.5. The molecule has 0 unspecified atom stereocenters. The highest BCUT2D eigenvalue weighted by Gasteiger charge is 2.01. The lowest BCUT2D eigenvalue weighted by molar-refractivity contribution is -0.131. The fourth-order valence-corrected chi connectivity index (χ4v) is 2.63. The van der Waals surface area contributed by atoms with Gasteiger partial charge < -0.3 is 5.11 Å². The van der Waals surface area contributed by atoms with Crippen molar-refractivity contribution >= 4 is 33.2 Å². The Labute approximate surface area is 101 Å².